The van der Waals surface area contributed by atoms with Crippen molar-refractivity contribution in [2.24, 2.45) is 0 Å². The van der Waals surface area contributed by atoms with E-state index in [1.54, 1.807) is 18.5 Å². The summed E-state index contributed by atoms with van der Waals surface area (Å²) < 4.78 is 10.9. The molecule has 160 valence electrons. The van der Waals surface area contributed by atoms with Crippen LogP contribution in [0.2, 0.25) is 0 Å². The minimum atomic E-state index is -0.291. The maximum atomic E-state index is 12.3. The second-order valence-corrected chi connectivity index (χ2v) is 8.78. The molecule has 1 unspecified atom stereocenters. The molecule has 0 spiro atoms. The van der Waals surface area contributed by atoms with Crippen molar-refractivity contribution >= 4 is 6.03 Å². The minimum absolute atomic E-state index is 0.0211. The summed E-state index contributed by atoms with van der Waals surface area (Å²) in [6.45, 7) is 7.46. The molecule has 2 aliphatic heterocycles. The van der Waals surface area contributed by atoms with E-state index in [1.807, 2.05) is 39.0 Å². The highest BCUT2D eigenvalue weighted by Gasteiger charge is 2.34. The smallest absolute Gasteiger partial charge is 0.315 e. The van der Waals surface area contributed by atoms with Gasteiger partial charge in [-0.2, -0.15) is 0 Å². The lowest BCUT2D eigenvalue weighted by Crippen LogP contribution is -2.50. The number of carbonyl (C=O) groups is 1. The molecule has 1 fully saturated rings. The molecule has 30 heavy (non-hydrogen) atoms. The van der Waals surface area contributed by atoms with E-state index in [2.05, 4.69) is 20.5 Å². The minimum Gasteiger partial charge on any atom is -0.507 e. The second-order valence-electron chi connectivity index (χ2n) is 8.78. The van der Waals surface area contributed by atoms with E-state index in [1.165, 1.54) is 0 Å². The van der Waals surface area contributed by atoms with E-state index >= 15 is 0 Å². The fourth-order valence-corrected chi connectivity index (χ4v) is 4.00. The molecule has 2 atom stereocenters. The third-order valence-corrected chi connectivity index (χ3v) is 5.25. The number of fused-ring (bicyclic) bond motifs is 1. The Kier molecular flexibility index (Phi) is 5.42. The molecule has 3 heterocycles. The molecule has 8 heteroatoms. The van der Waals surface area contributed by atoms with Crippen molar-refractivity contribution in [3.05, 3.63) is 47.8 Å². The van der Waals surface area contributed by atoms with Gasteiger partial charge in [-0.25, -0.2) is 4.79 Å². The van der Waals surface area contributed by atoms with E-state index in [0.29, 0.717) is 18.0 Å². The van der Waals surface area contributed by atoms with Crippen LogP contribution in [-0.2, 0) is 0 Å². The number of pyridine rings is 1. The van der Waals surface area contributed by atoms with Crippen LogP contribution in [0.25, 0.3) is 0 Å². The van der Waals surface area contributed by atoms with Crippen molar-refractivity contribution in [3.63, 3.8) is 0 Å². The molecule has 1 aromatic carbocycles. The van der Waals surface area contributed by atoms with Crippen molar-refractivity contribution in [2.75, 3.05) is 19.9 Å². The third-order valence-electron chi connectivity index (χ3n) is 5.25. The summed E-state index contributed by atoms with van der Waals surface area (Å²) in [6.07, 6.45) is 4.31. The topological polar surface area (TPSA) is 96.0 Å². The summed E-state index contributed by atoms with van der Waals surface area (Å²) in [4.78, 5) is 18.7. The van der Waals surface area contributed by atoms with E-state index in [9.17, 15) is 9.90 Å². The Labute approximate surface area is 176 Å². The standard InChI is InChI=1S/C22H28N4O4/c1-22(2,3)25-21(28)24-15-6-9-26(12-15)20(14-4-7-23-8-5-14)16-10-18-19(11-17(16)27)30-13-29-18/h4-5,7-8,10-11,15,20,27H,6,9,12-13H2,1-3H3,(H2,24,25,28)/t15-,20?/m1/s1. The molecular weight excluding hydrogens is 384 g/mol. The number of hydrogen-bond donors (Lipinski definition) is 3. The first-order chi connectivity index (χ1) is 14.3. The number of benzene rings is 1. The van der Waals surface area contributed by atoms with Crippen LogP contribution in [0.1, 0.15) is 44.4 Å². The first kappa shape index (κ1) is 20.3. The van der Waals surface area contributed by atoms with Gasteiger partial charge in [0.15, 0.2) is 11.5 Å². The van der Waals surface area contributed by atoms with Gasteiger partial charge in [0.05, 0.1) is 6.04 Å². The van der Waals surface area contributed by atoms with Crippen molar-refractivity contribution in [1.29, 1.82) is 0 Å². The lowest BCUT2D eigenvalue weighted by Gasteiger charge is -2.29. The fraction of sp³-hybridized carbons (Fsp3) is 0.455. The maximum Gasteiger partial charge on any atom is 0.315 e. The second kappa shape index (κ2) is 8.02. The molecule has 8 nitrogen and oxygen atoms in total. The number of hydrogen-bond acceptors (Lipinski definition) is 6. The Morgan fingerprint density at radius 3 is 2.63 bits per heavy atom. The van der Waals surface area contributed by atoms with Crippen LogP contribution in [0.15, 0.2) is 36.7 Å². The highest BCUT2D eigenvalue weighted by atomic mass is 16.7. The van der Waals surface area contributed by atoms with Gasteiger partial charge in [0, 0.05) is 48.7 Å². The van der Waals surface area contributed by atoms with Crippen LogP contribution in [0.4, 0.5) is 4.79 Å². The highest BCUT2D eigenvalue weighted by Crippen LogP contribution is 2.43. The fourth-order valence-electron chi connectivity index (χ4n) is 4.00. The molecule has 0 aliphatic carbocycles. The van der Waals surface area contributed by atoms with Crippen molar-refractivity contribution < 1.29 is 19.4 Å². The van der Waals surface area contributed by atoms with Crippen LogP contribution >= 0.6 is 0 Å². The summed E-state index contributed by atoms with van der Waals surface area (Å²) in [5.41, 5.74) is 1.46. The summed E-state index contributed by atoms with van der Waals surface area (Å²) in [6, 6.07) is 7.00. The molecule has 3 N–H and O–H groups in total. The molecule has 0 saturated carbocycles. The number of likely N-dealkylation sites (tertiary alicyclic amines) is 1. The van der Waals surface area contributed by atoms with Gasteiger partial charge in [-0.05, 0) is 51.0 Å². The van der Waals surface area contributed by atoms with Crippen LogP contribution in [0.5, 0.6) is 17.2 Å². The van der Waals surface area contributed by atoms with Gasteiger partial charge < -0.3 is 25.2 Å². The largest absolute Gasteiger partial charge is 0.507 e. The molecular formula is C22H28N4O4. The molecule has 2 aliphatic rings. The first-order valence-electron chi connectivity index (χ1n) is 10.2. The SMILES string of the molecule is CC(C)(C)NC(=O)N[C@@H]1CCN(C(c2ccncc2)c2cc3c(cc2O)OCO3)C1. The van der Waals surface area contributed by atoms with Crippen LogP contribution < -0.4 is 20.1 Å². The normalized spacial score (nSPS) is 19.5. The Morgan fingerprint density at radius 2 is 1.93 bits per heavy atom. The summed E-state index contributed by atoms with van der Waals surface area (Å²) >= 11 is 0. The van der Waals surface area contributed by atoms with Gasteiger partial charge in [0.25, 0.3) is 0 Å². The monoisotopic (exact) mass is 412 g/mol. The number of phenolic OH excluding ortho intramolecular Hbond substituents is 1. The molecule has 0 radical (unpaired) electrons. The molecule has 1 saturated heterocycles. The Bertz CT molecular complexity index is 913. The number of amides is 2. The Hall–Kier alpha value is -3.00. The van der Waals surface area contributed by atoms with Gasteiger partial charge in [0.2, 0.25) is 6.79 Å². The predicted molar refractivity (Wildman–Crippen MR) is 112 cm³/mol. The number of rotatable bonds is 4. The number of phenols is 1. The molecule has 2 amide bonds. The number of nitrogens with zero attached hydrogens (tertiary/aromatic N) is 2. The van der Waals surface area contributed by atoms with E-state index in [-0.39, 0.29) is 36.2 Å². The quantitative estimate of drug-likeness (QED) is 0.715. The van der Waals surface area contributed by atoms with Crippen molar-refractivity contribution in [1.82, 2.24) is 20.5 Å². The highest BCUT2D eigenvalue weighted by molar-refractivity contribution is 5.75. The van der Waals surface area contributed by atoms with E-state index in [4.69, 9.17) is 9.47 Å². The average molecular weight is 412 g/mol. The number of nitrogens with one attached hydrogen (secondary N) is 2. The van der Waals surface area contributed by atoms with Crippen LogP contribution in [0.3, 0.4) is 0 Å². The average Bonchev–Trinajstić information content (AvgIpc) is 3.31. The zero-order chi connectivity index (χ0) is 21.3. The first-order valence-corrected chi connectivity index (χ1v) is 10.2. The summed E-state index contributed by atoms with van der Waals surface area (Å²) in [5, 5.41) is 16.8. The van der Waals surface area contributed by atoms with Gasteiger partial charge >= 0.3 is 6.03 Å². The number of aromatic nitrogens is 1. The molecule has 1 aromatic heterocycles. The molecule has 4 rings (SSSR count). The van der Waals surface area contributed by atoms with Gasteiger partial charge in [0.1, 0.15) is 5.75 Å². The lowest BCUT2D eigenvalue weighted by atomic mass is 9.96. The maximum absolute atomic E-state index is 12.3. The Morgan fingerprint density at radius 1 is 1.23 bits per heavy atom. The van der Waals surface area contributed by atoms with Gasteiger partial charge in [-0.1, -0.05) is 0 Å². The van der Waals surface area contributed by atoms with Crippen molar-refractivity contribution in [3.8, 4) is 17.2 Å². The zero-order valence-electron chi connectivity index (χ0n) is 17.5. The third kappa shape index (κ3) is 4.43. The molecule has 0 bridgehead atoms. The van der Waals surface area contributed by atoms with E-state index in [0.717, 1.165) is 24.1 Å². The van der Waals surface area contributed by atoms with Gasteiger partial charge in [-0.15, -0.1) is 0 Å². The molecule has 2 aromatic rings. The number of urea groups is 1. The zero-order valence-corrected chi connectivity index (χ0v) is 17.5. The lowest BCUT2D eigenvalue weighted by molar-refractivity contribution is 0.173. The van der Waals surface area contributed by atoms with Crippen LogP contribution in [-0.4, -0.2) is 52.5 Å². The van der Waals surface area contributed by atoms with Crippen LogP contribution in [0, 0.1) is 0 Å². The predicted octanol–water partition coefficient (Wildman–Crippen LogP) is 2.78. The summed E-state index contributed by atoms with van der Waals surface area (Å²) in [7, 11) is 0. The number of aromatic hydroxyl groups is 1. The Balaban J connectivity index is 1.57. The summed E-state index contributed by atoms with van der Waals surface area (Å²) in [5.74, 6) is 1.33. The number of carbonyl (C=O) groups excluding carboxylic acids is 1. The van der Waals surface area contributed by atoms with E-state index < -0.39 is 0 Å². The number of ether oxygens (including phenoxy) is 2. The van der Waals surface area contributed by atoms with Gasteiger partial charge in [-0.3, -0.25) is 9.88 Å². The van der Waals surface area contributed by atoms with Crippen molar-refractivity contribution in [2.45, 2.75) is 44.8 Å².